The van der Waals surface area contributed by atoms with E-state index in [4.69, 9.17) is 16.0 Å². The number of aliphatic hydroxyl groups excluding tert-OH is 1. The standard InChI is InChI=1S/C21H17ClN2O4S/c1-10-6-7-13(22)9-14(10)24-17(15-5-4-8-28-15)16(19(26)21(24)27)18(25)20-11(2)23-12(3)29-20/h4-9,17,26H,1-3H3. The fourth-order valence-electron chi connectivity index (χ4n) is 3.51. The molecule has 0 saturated heterocycles. The van der Waals surface area contributed by atoms with E-state index in [1.54, 1.807) is 44.2 Å². The van der Waals surface area contributed by atoms with Crippen LogP contribution in [0, 0.1) is 20.8 Å². The number of Topliss-reactive ketones (excluding diaryl/α,β-unsaturated/α-hetero) is 1. The summed E-state index contributed by atoms with van der Waals surface area (Å²) in [5.41, 5.74) is 1.79. The number of carbonyl (C=O) groups is 2. The molecule has 0 fully saturated rings. The van der Waals surface area contributed by atoms with Gasteiger partial charge in [0.25, 0.3) is 5.91 Å². The number of rotatable bonds is 4. The molecule has 0 saturated carbocycles. The molecule has 3 aromatic rings. The second kappa shape index (κ2) is 7.17. The summed E-state index contributed by atoms with van der Waals surface area (Å²) in [5, 5.41) is 11.9. The van der Waals surface area contributed by atoms with E-state index in [-0.39, 0.29) is 5.57 Å². The van der Waals surface area contributed by atoms with E-state index < -0.39 is 23.5 Å². The molecule has 1 amide bonds. The predicted molar refractivity (Wildman–Crippen MR) is 111 cm³/mol. The molecule has 4 rings (SSSR count). The number of hydrogen-bond acceptors (Lipinski definition) is 6. The monoisotopic (exact) mass is 428 g/mol. The topological polar surface area (TPSA) is 83.6 Å². The van der Waals surface area contributed by atoms with Gasteiger partial charge in [-0.25, -0.2) is 4.98 Å². The van der Waals surface area contributed by atoms with Crippen molar-refractivity contribution in [3.05, 3.63) is 79.9 Å². The largest absolute Gasteiger partial charge is 0.503 e. The van der Waals surface area contributed by atoms with Gasteiger partial charge in [0.1, 0.15) is 11.8 Å². The second-order valence-corrected chi connectivity index (χ2v) is 8.40. The van der Waals surface area contributed by atoms with Crippen molar-refractivity contribution < 1.29 is 19.1 Å². The van der Waals surface area contributed by atoms with Crippen molar-refractivity contribution in [3.63, 3.8) is 0 Å². The Kier molecular flexibility index (Phi) is 4.80. The van der Waals surface area contributed by atoms with E-state index in [1.807, 2.05) is 6.92 Å². The van der Waals surface area contributed by atoms with Gasteiger partial charge >= 0.3 is 0 Å². The van der Waals surface area contributed by atoms with Crippen LogP contribution in [-0.4, -0.2) is 21.8 Å². The molecule has 1 aliphatic heterocycles. The molecule has 2 aromatic heterocycles. The molecule has 8 heteroatoms. The highest BCUT2D eigenvalue weighted by Crippen LogP contribution is 2.44. The third-order valence-electron chi connectivity index (χ3n) is 4.81. The van der Waals surface area contributed by atoms with E-state index in [0.717, 1.165) is 10.6 Å². The predicted octanol–water partition coefficient (Wildman–Crippen LogP) is 5.10. The number of hydrogen-bond donors (Lipinski definition) is 1. The first kappa shape index (κ1) is 19.4. The van der Waals surface area contributed by atoms with Gasteiger partial charge in [-0.1, -0.05) is 17.7 Å². The van der Waals surface area contributed by atoms with Crippen molar-refractivity contribution in [1.29, 1.82) is 0 Å². The molecule has 1 aromatic carbocycles. The number of thiazole rings is 1. The number of ketones is 1. The Hall–Kier alpha value is -2.90. The minimum Gasteiger partial charge on any atom is -0.503 e. The van der Waals surface area contributed by atoms with E-state index in [1.165, 1.54) is 22.5 Å². The molecular weight excluding hydrogens is 412 g/mol. The van der Waals surface area contributed by atoms with Crippen LogP contribution in [0.3, 0.4) is 0 Å². The number of aliphatic hydroxyl groups is 1. The zero-order valence-electron chi connectivity index (χ0n) is 15.9. The summed E-state index contributed by atoms with van der Waals surface area (Å²) in [7, 11) is 0. The van der Waals surface area contributed by atoms with E-state index >= 15 is 0 Å². The maximum atomic E-state index is 13.4. The molecule has 29 heavy (non-hydrogen) atoms. The summed E-state index contributed by atoms with van der Waals surface area (Å²) in [4.78, 5) is 32.5. The van der Waals surface area contributed by atoms with Crippen LogP contribution in [0.1, 0.15) is 37.7 Å². The van der Waals surface area contributed by atoms with Gasteiger partial charge in [-0.2, -0.15) is 0 Å². The lowest BCUT2D eigenvalue weighted by molar-refractivity contribution is -0.117. The van der Waals surface area contributed by atoms with Crippen molar-refractivity contribution in [1.82, 2.24) is 4.98 Å². The fraction of sp³-hybridized carbons (Fsp3) is 0.190. The van der Waals surface area contributed by atoms with E-state index in [2.05, 4.69) is 4.98 Å². The van der Waals surface area contributed by atoms with Crippen LogP contribution >= 0.6 is 22.9 Å². The van der Waals surface area contributed by atoms with Gasteiger partial charge in [0.15, 0.2) is 5.76 Å². The van der Waals surface area contributed by atoms with Crippen LogP contribution in [0.5, 0.6) is 0 Å². The molecule has 0 aliphatic carbocycles. The average Bonchev–Trinajstić information content (AvgIpc) is 3.37. The van der Waals surface area contributed by atoms with E-state index in [9.17, 15) is 14.7 Å². The lowest BCUT2D eigenvalue weighted by Gasteiger charge is -2.26. The van der Waals surface area contributed by atoms with Gasteiger partial charge in [0.2, 0.25) is 5.78 Å². The number of aryl methyl sites for hydroxylation is 3. The number of aromatic nitrogens is 1. The van der Waals surface area contributed by atoms with Gasteiger partial charge in [-0.15, -0.1) is 11.3 Å². The molecule has 3 heterocycles. The first-order chi connectivity index (χ1) is 13.8. The van der Waals surface area contributed by atoms with Gasteiger partial charge in [0.05, 0.1) is 27.4 Å². The smallest absolute Gasteiger partial charge is 0.294 e. The molecule has 148 valence electrons. The number of carbonyl (C=O) groups excluding carboxylic acids is 2. The Morgan fingerprint density at radius 1 is 1.28 bits per heavy atom. The Balaban J connectivity index is 1.90. The summed E-state index contributed by atoms with van der Waals surface area (Å²) in [6, 6.07) is 7.55. The summed E-state index contributed by atoms with van der Waals surface area (Å²) in [5.74, 6) is -1.35. The maximum Gasteiger partial charge on any atom is 0.294 e. The Labute approximate surface area is 176 Å². The zero-order chi connectivity index (χ0) is 20.9. The third kappa shape index (κ3) is 3.16. The lowest BCUT2D eigenvalue weighted by Crippen LogP contribution is -2.31. The van der Waals surface area contributed by atoms with Crippen LogP contribution < -0.4 is 4.90 Å². The molecule has 1 aliphatic rings. The number of nitrogens with zero attached hydrogens (tertiary/aromatic N) is 2. The zero-order valence-corrected chi connectivity index (χ0v) is 17.5. The molecule has 1 atom stereocenters. The van der Waals surface area contributed by atoms with Crippen LogP contribution in [0.2, 0.25) is 5.02 Å². The first-order valence-electron chi connectivity index (χ1n) is 8.84. The quantitative estimate of drug-likeness (QED) is 0.584. The molecule has 0 bridgehead atoms. The van der Waals surface area contributed by atoms with Gasteiger partial charge < -0.3 is 9.52 Å². The molecule has 1 unspecified atom stereocenters. The van der Waals surface area contributed by atoms with Gasteiger partial charge in [-0.3, -0.25) is 14.5 Å². The summed E-state index contributed by atoms with van der Waals surface area (Å²) in [6.07, 6.45) is 1.46. The normalized spacial score (nSPS) is 16.8. The Bertz CT molecular complexity index is 1160. The molecule has 1 N–H and O–H groups in total. The lowest BCUT2D eigenvalue weighted by atomic mass is 9.99. The molecular formula is C21H17ClN2O4S. The number of amides is 1. The van der Waals surface area contributed by atoms with E-state index in [0.29, 0.717) is 27.0 Å². The minimum atomic E-state index is -0.913. The highest BCUT2D eigenvalue weighted by molar-refractivity contribution is 7.14. The first-order valence-corrected chi connectivity index (χ1v) is 10.0. The van der Waals surface area contributed by atoms with Crippen molar-refractivity contribution in [2.45, 2.75) is 26.8 Å². The number of benzene rings is 1. The molecule has 6 nitrogen and oxygen atoms in total. The van der Waals surface area contributed by atoms with Crippen molar-refractivity contribution in [2.24, 2.45) is 0 Å². The fourth-order valence-corrected chi connectivity index (χ4v) is 4.55. The number of halogens is 1. The maximum absolute atomic E-state index is 13.4. The highest BCUT2D eigenvalue weighted by atomic mass is 35.5. The number of anilines is 1. The van der Waals surface area contributed by atoms with Crippen LogP contribution in [0.25, 0.3) is 0 Å². The Morgan fingerprint density at radius 3 is 2.66 bits per heavy atom. The minimum absolute atomic E-state index is 0.0314. The van der Waals surface area contributed by atoms with Crippen molar-refractivity contribution in [2.75, 3.05) is 4.90 Å². The van der Waals surface area contributed by atoms with Crippen LogP contribution in [0.4, 0.5) is 5.69 Å². The summed E-state index contributed by atoms with van der Waals surface area (Å²) in [6.45, 7) is 5.35. The SMILES string of the molecule is Cc1nc(C)c(C(=O)C2=C(O)C(=O)N(c3cc(Cl)ccc3C)C2c2ccco2)s1. The van der Waals surface area contributed by atoms with Gasteiger partial charge in [0, 0.05) is 10.7 Å². The molecule has 0 radical (unpaired) electrons. The average molecular weight is 429 g/mol. The van der Waals surface area contributed by atoms with Crippen LogP contribution in [0.15, 0.2) is 52.3 Å². The van der Waals surface area contributed by atoms with Crippen LogP contribution in [-0.2, 0) is 4.79 Å². The highest BCUT2D eigenvalue weighted by Gasteiger charge is 2.47. The number of furan rings is 1. The summed E-state index contributed by atoms with van der Waals surface area (Å²) < 4.78 is 5.55. The third-order valence-corrected chi connectivity index (χ3v) is 6.11. The Morgan fingerprint density at radius 2 is 2.03 bits per heavy atom. The van der Waals surface area contributed by atoms with Crippen molar-refractivity contribution >= 4 is 40.3 Å². The second-order valence-electron chi connectivity index (χ2n) is 6.76. The summed E-state index contributed by atoms with van der Waals surface area (Å²) >= 11 is 7.39. The van der Waals surface area contributed by atoms with Crippen molar-refractivity contribution in [3.8, 4) is 0 Å². The molecule has 0 spiro atoms. The van der Waals surface area contributed by atoms with Gasteiger partial charge in [-0.05, 0) is 50.6 Å².